The predicted molar refractivity (Wildman–Crippen MR) is 93.0 cm³/mol. The van der Waals surface area contributed by atoms with Gasteiger partial charge in [-0.15, -0.1) is 0 Å². The summed E-state index contributed by atoms with van der Waals surface area (Å²) in [7, 11) is 0. The molecule has 5 N–H and O–H groups in total. The summed E-state index contributed by atoms with van der Waals surface area (Å²) in [4.78, 5) is 30.7. The number of carbonyl (C=O) groups is 2. The molecule has 2 aromatic rings. The Kier molecular flexibility index (Phi) is 7.29. The smallest absolute Gasteiger partial charge is 0.342 e. The van der Waals surface area contributed by atoms with Crippen molar-refractivity contribution in [1.29, 1.82) is 0 Å². The Morgan fingerprint density at radius 2 is 1.70 bits per heavy atom. The molecule has 2 aromatic carbocycles. The second kappa shape index (κ2) is 8.99. The van der Waals surface area contributed by atoms with E-state index in [-0.39, 0.29) is 16.9 Å². The first-order valence-electron chi connectivity index (χ1n) is 7.07. The summed E-state index contributed by atoms with van der Waals surface area (Å²) in [5.74, 6) is -2.30. The molecule has 0 fully saturated rings. The third kappa shape index (κ3) is 6.26. The number of carboxylic acids is 1. The van der Waals surface area contributed by atoms with E-state index in [0.717, 1.165) is 12.1 Å². The van der Waals surface area contributed by atoms with Crippen LogP contribution in [0.4, 0.5) is 11.4 Å². The number of benzene rings is 2. The zero-order chi connectivity index (χ0) is 20.8. The van der Waals surface area contributed by atoms with Gasteiger partial charge in [-0.3, -0.25) is 10.1 Å². The first kappa shape index (κ1) is 21.9. The van der Waals surface area contributed by atoms with Crippen LogP contribution in [-0.2, 0) is 8.53 Å². The molecule has 144 valence electrons. The van der Waals surface area contributed by atoms with Crippen LogP contribution in [0.2, 0.25) is 0 Å². The van der Waals surface area contributed by atoms with Crippen LogP contribution >= 0.6 is 0 Å². The molecule has 2 rings (SSSR count). The van der Waals surface area contributed by atoms with Gasteiger partial charge >= 0.3 is 94.1 Å². The molecule has 0 heterocycles. The third-order valence-corrected chi connectivity index (χ3v) is 5.04. The second-order valence-corrected chi connectivity index (χ2v) is 8.27. The van der Waals surface area contributed by atoms with Gasteiger partial charge in [-0.25, -0.2) is 4.79 Å². The monoisotopic (exact) mass is 442 g/mol. The number of amides is 1. The first-order valence-corrected chi connectivity index (χ1v) is 10.5. The number of phenolic OH excluding ortho intramolecular Hbond substituents is 1. The predicted octanol–water partition coefficient (Wildman–Crippen LogP) is 0.205. The fourth-order valence-electron chi connectivity index (χ4n) is 1.87. The molecule has 0 bridgehead atoms. The van der Waals surface area contributed by atoms with E-state index < -0.39 is 41.1 Å². The number of aromatic hydroxyl groups is 1. The van der Waals surface area contributed by atoms with Gasteiger partial charge in [0, 0.05) is 6.07 Å². The van der Waals surface area contributed by atoms with Crippen LogP contribution in [0.1, 0.15) is 17.3 Å². The Bertz CT molecular complexity index is 890. The summed E-state index contributed by atoms with van der Waals surface area (Å²) in [5, 5.41) is 30.5. The van der Waals surface area contributed by atoms with Gasteiger partial charge in [0.15, 0.2) is 0 Å². The zero-order valence-electron chi connectivity index (χ0n) is 13.8. The molecule has 12 heteroatoms. The fourth-order valence-corrected chi connectivity index (χ4v) is 3.29. The molecule has 27 heavy (non-hydrogen) atoms. The van der Waals surface area contributed by atoms with Gasteiger partial charge in [0.25, 0.3) is 5.69 Å². The summed E-state index contributed by atoms with van der Waals surface area (Å²) in [6, 6.07) is 9.04. The molecular formula is C15H15AsN2O9. The van der Waals surface area contributed by atoms with Crippen molar-refractivity contribution in [2.24, 2.45) is 0 Å². The van der Waals surface area contributed by atoms with Crippen molar-refractivity contribution < 1.29 is 36.7 Å². The van der Waals surface area contributed by atoms with Gasteiger partial charge in [0.1, 0.15) is 5.56 Å². The Morgan fingerprint density at radius 1 is 1.11 bits per heavy atom. The Morgan fingerprint density at radius 3 is 2.15 bits per heavy atom. The number of anilines is 1. The molecule has 0 saturated carbocycles. The second-order valence-electron chi connectivity index (χ2n) is 4.98. The number of carbonyl (C=O) groups excluding carboxylic acids is 1. The summed E-state index contributed by atoms with van der Waals surface area (Å²) < 4.78 is 28.4. The van der Waals surface area contributed by atoms with E-state index >= 15 is 0 Å². The first-order chi connectivity index (χ1) is 12.4. The minimum absolute atomic E-state index is 0.00951. The largest absolute Gasteiger partial charge is 0.477 e. The molecule has 0 aliphatic carbocycles. The quantitative estimate of drug-likeness (QED) is 0.191. The fraction of sp³-hybridized carbons (Fsp3) is 0.0667. The molecule has 0 saturated heterocycles. The molecule has 0 aliphatic heterocycles. The number of nitro groups is 1. The number of phenols is 1. The normalized spacial score (nSPS) is 10.3. The van der Waals surface area contributed by atoms with E-state index in [1.54, 1.807) is 0 Å². The molecular weight excluding hydrogens is 427 g/mol. The molecule has 0 aliphatic rings. The summed E-state index contributed by atoms with van der Waals surface area (Å²) in [6.45, 7) is 1.23. The van der Waals surface area contributed by atoms with Gasteiger partial charge in [-0.2, -0.15) is 0 Å². The average Bonchev–Trinajstić information content (AvgIpc) is 2.55. The standard InChI is InChI=1S/C8H10AsNO5.C7H5NO4/c1-5(11)10-7-4-2-3-6(8(7)12)9(13,14)15;9-7(10)5-3-1-2-4-6(5)8(11)12/h2-4,12H,1H3,(H,10,11)(H2,13,14,15);1-4H,(H,9,10). The third-order valence-electron chi connectivity index (χ3n) is 2.97. The van der Waals surface area contributed by atoms with Gasteiger partial charge < -0.3 is 5.11 Å². The number of rotatable bonds is 4. The van der Waals surface area contributed by atoms with Crippen LogP contribution in [0.5, 0.6) is 5.75 Å². The Hall–Kier alpha value is -3.14. The van der Waals surface area contributed by atoms with Crippen LogP contribution < -0.4 is 9.67 Å². The Labute approximate surface area is 155 Å². The maximum absolute atomic E-state index is 11.0. The molecule has 11 nitrogen and oxygen atoms in total. The maximum Gasteiger partial charge on any atom is 0.342 e. The minimum atomic E-state index is -5.15. The van der Waals surface area contributed by atoms with Crippen LogP contribution in [0, 0.1) is 10.1 Å². The number of carboxylic acid groups (broad SMARTS) is 1. The van der Waals surface area contributed by atoms with Gasteiger partial charge in [-0.1, -0.05) is 12.1 Å². The van der Waals surface area contributed by atoms with E-state index in [2.05, 4.69) is 5.32 Å². The summed E-state index contributed by atoms with van der Waals surface area (Å²) in [5.41, 5.74) is -0.683. The molecule has 0 atom stereocenters. The number of nitrogens with one attached hydrogen (secondary N) is 1. The van der Waals surface area contributed by atoms with E-state index in [0.29, 0.717) is 0 Å². The van der Waals surface area contributed by atoms with Crippen LogP contribution in [0.25, 0.3) is 0 Å². The molecule has 1 amide bonds. The summed E-state index contributed by atoms with van der Waals surface area (Å²) in [6.07, 6.45) is 0. The number of hydrogen-bond acceptors (Lipinski definition) is 6. The van der Waals surface area contributed by atoms with Gasteiger partial charge in [0.05, 0.1) is 4.92 Å². The molecule has 0 unspecified atom stereocenters. The average molecular weight is 442 g/mol. The van der Waals surface area contributed by atoms with E-state index in [9.17, 15) is 28.5 Å². The number of nitro benzene ring substituents is 1. The topological polar surface area (TPSA) is 187 Å². The zero-order valence-corrected chi connectivity index (χ0v) is 15.6. The molecule has 0 spiro atoms. The van der Waals surface area contributed by atoms with Crippen LogP contribution in [-0.4, -0.2) is 49.4 Å². The van der Waals surface area contributed by atoms with E-state index in [1.807, 2.05) is 0 Å². The molecule has 0 aromatic heterocycles. The van der Waals surface area contributed by atoms with Gasteiger partial charge in [0.2, 0.25) is 0 Å². The van der Waals surface area contributed by atoms with Crippen molar-refractivity contribution in [3.63, 3.8) is 0 Å². The van der Waals surface area contributed by atoms with Crippen LogP contribution in [0.15, 0.2) is 42.5 Å². The van der Waals surface area contributed by atoms with Crippen molar-refractivity contribution in [2.75, 3.05) is 5.32 Å². The number of hydrogen-bond donors (Lipinski definition) is 5. The number of nitrogens with zero attached hydrogens (tertiary/aromatic N) is 1. The Balaban J connectivity index is 0.000000277. The van der Waals surface area contributed by atoms with E-state index in [4.69, 9.17) is 13.3 Å². The van der Waals surface area contributed by atoms with Gasteiger partial charge in [-0.05, 0) is 6.07 Å². The van der Waals surface area contributed by atoms with Crippen molar-refractivity contribution in [3.8, 4) is 5.75 Å². The summed E-state index contributed by atoms with van der Waals surface area (Å²) >= 11 is -5.15. The SMILES string of the molecule is CC(=O)Nc1cccc([As](=O)(O)O)c1O.O=C(O)c1ccccc1[N+](=O)[O-]. The number of aromatic carboxylic acids is 1. The van der Waals surface area contributed by atoms with Crippen molar-refractivity contribution in [3.05, 3.63) is 58.1 Å². The maximum atomic E-state index is 11.0. The minimum Gasteiger partial charge on any atom is -0.477 e. The number of para-hydroxylation sites is 2. The van der Waals surface area contributed by atoms with E-state index in [1.165, 1.54) is 37.3 Å². The van der Waals surface area contributed by atoms with Crippen molar-refractivity contribution >= 4 is 41.8 Å². The van der Waals surface area contributed by atoms with Crippen molar-refractivity contribution in [2.45, 2.75) is 6.92 Å². The van der Waals surface area contributed by atoms with Crippen LogP contribution in [0.3, 0.4) is 0 Å². The van der Waals surface area contributed by atoms with Crippen molar-refractivity contribution in [1.82, 2.24) is 0 Å². The molecule has 0 radical (unpaired) electrons.